The van der Waals surface area contributed by atoms with E-state index in [1.807, 2.05) is 30.0 Å². The van der Waals surface area contributed by atoms with E-state index in [0.29, 0.717) is 5.25 Å². The summed E-state index contributed by atoms with van der Waals surface area (Å²) >= 11 is 1.88. The number of benzene rings is 1. The number of nitrogens with zero attached hydrogens (tertiary/aromatic N) is 2. The summed E-state index contributed by atoms with van der Waals surface area (Å²) < 4.78 is 1.44. The van der Waals surface area contributed by atoms with Crippen LogP contribution in [0, 0.1) is 0 Å². The first-order chi connectivity index (χ1) is 9.83. The van der Waals surface area contributed by atoms with E-state index in [2.05, 4.69) is 16.4 Å². The van der Waals surface area contributed by atoms with Crippen LogP contribution in [0.15, 0.2) is 47.9 Å². The van der Waals surface area contributed by atoms with Gasteiger partial charge in [-0.15, -0.1) is 11.8 Å². The van der Waals surface area contributed by atoms with Crippen molar-refractivity contribution in [3.05, 3.63) is 43.0 Å². The number of nitrogens with one attached hydrogen (secondary N) is 1. The van der Waals surface area contributed by atoms with Crippen LogP contribution < -0.4 is 5.32 Å². The summed E-state index contributed by atoms with van der Waals surface area (Å²) in [6, 6.07) is 7.81. The molecule has 0 bridgehead atoms. The molecule has 1 aliphatic carbocycles. The second-order valence-electron chi connectivity index (χ2n) is 4.92. The molecule has 104 valence electrons. The smallest absolute Gasteiger partial charge is 0.306 e. The summed E-state index contributed by atoms with van der Waals surface area (Å²) in [4.78, 5) is 17.1. The van der Waals surface area contributed by atoms with E-state index in [0.717, 1.165) is 10.6 Å². The molecule has 1 amide bonds. The predicted octanol–water partition coefficient (Wildman–Crippen LogP) is 4.00. The van der Waals surface area contributed by atoms with E-state index < -0.39 is 0 Å². The summed E-state index contributed by atoms with van der Waals surface area (Å²) in [6.07, 6.45) is 9.92. The maximum absolute atomic E-state index is 12.1. The van der Waals surface area contributed by atoms with Crippen LogP contribution in [0.3, 0.4) is 0 Å². The van der Waals surface area contributed by atoms with Crippen LogP contribution >= 0.6 is 11.8 Å². The summed E-state index contributed by atoms with van der Waals surface area (Å²) in [6.45, 7) is 0. The van der Waals surface area contributed by atoms with Gasteiger partial charge in [0.15, 0.2) is 0 Å². The largest absolute Gasteiger partial charge is 0.331 e. The van der Waals surface area contributed by atoms with E-state index in [1.165, 1.54) is 36.6 Å². The van der Waals surface area contributed by atoms with Crippen molar-refractivity contribution in [2.45, 2.75) is 35.8 Å². The first kappa shape index (κ1) is 13.2. The standard InChI is InChI=1S/C15H17N3OS/c19-15(18-10-9-16-11-18)17-13-7-3-4-8-14(13)20-12-5-1-2-6-12/h3-4,7-12H,1-2,5-6H2,(H,17,19). The van der Waals surface area contributed by atoms with Crippen molar-refractivity contribution < 1.29 is 4.79 Å². The van der Waals surface area contributed by atoms with Gasteiger partial charge in [-0.3, -0.25) is 4.57 Å². The number of rotatable bonds is 3. The number of carbonyl (C=O) groups is 1. The van der Waals surface area contributed by atoms with Crippen LogP contribution in [-0.4, -0.2) is 20.8 Å². The zero-order valence-corrected chi connectivity index (χ0v) is 12.0. The van der Waals surface area contributed by atoms with Gasteiger partial charge in [-0.25, -0.2) is 9.78 Å². The fraction of sp³-hybridized carbons (Fsp3) is 0.333. The Bertz CT molecular complexity index is 577. The molecule has 4 nitrogen and oxygen atoms in total. The average molecular weight is 287 g/mol. The third-order valence-electron chi connectivity index (χ3n) is 3.46. The number of hydrogen-bond donors (Lipinski definition) is 1. The lowest BCUT2D eigenvalue weighted by Gasteiger charge is -2.14. The molecule has 0 unspecified atom stereocenters. The second-order valence-corrected chi connectivity index (χ2v) is 6.26. The second kappa shape index (κ2) is 6.13. The molecule has 1 N–H and O–H groups in total. The molecule has 1 saturated carbocycles. The van der Waals surface area contributed by atoms with Crippen LogP contribution in [0.5, 0.6) is 0 Å². The Morgan fingerprint density at radius 1 is 1.30 bits per heavy atom. The number of hydrogen-bond acceptors (Lipinski definition) is 3. The van der Waals surface area contributed by atoms with Crippen molar-refractivity contribution >= 4 is 23.5 Å². The van der Waals surface area contributed by atoms with Crippen molar-refractivity contribution in [3.63, 3.8) is 0 Å². The molecular formula is C15H17N3OS. The number of amides is 1. The molecule has 20 heavy (non-hydrogen) atoms. The highest BCUT2D eigenvalue weighted by Gasteiger charge is 2.18. The zero-order chi connectivity index (χ0) is 13.8. The summed E-state index contributed by atoms with van der Waals surface area (Å²) in [5.41, 5.74) is 0.878. The number of aromatic nitrogens is 2. The third kappa shape index (κ3) is 3.04. The van der Waals surface area contributed by atoms with E-state index in [-0.39, 0.29) is 6.03 Å². The zero-order valence-electron chi connectivity index (χ0n) is 11.2. The number of imidazole rings is 1. The molecule has 1 fully saturated rings. The van der Waals surface area contributed by atoms with Crippen molar-refractivity contribution in [3.8, 4) is 0 Å². The van der Waals surface area contributed by atoms with Crippen LogP contribution in [0.4, 0.5) is 10.5 Å². The van der Waals surface area contributed by atoms with Crippen molar-refractivity contribution in [1.29, 1.82) is 0 Å². The SMILES string of the molecule is O=C(Nc1ccccc1SC1CCCC1)n1ccnc1. The first-order valence-electron chi connectivity index (χ1n) is 6.88. The Kier molecular flexibility index (Phi) is 4.06. The normalized spacial score (nSPS) is 15.4. The number of para-hydroxylation sites is 1. The highest BCUT2D eigenvalue weighted by molar-refractivity contribution is 8.00. The van der Waals surface area contributed by atoms with Gasteiger partial charge >= 0.3 is 6.03 Å². The van der Waals surface area contributed by atoms with Gasteiger partial charge in [-0.05, 0) is 25.0 Å². The lowest BCUT2D eigenvalue weighted by molar-refractivity contribution is 0.253. The van der Waals surface area contributed by atoms with Gasteiger partial charge < -0.3 is 5.32 Å². The minimum Gasteiger partial charge on any atom is -0.306 e. The predicted molar refractivity (Wildman–Crippen MR) is 81.2 cm³/mol. The summed E-state index contributed by atoms with van der Waals surface area (Å²) in [5, 5.41) is 3.63. The van der Waals surface area contributed by atoms with Crippen molar-refractivity contribution in [2.75, 3.05) is 5.32 Å². The monoisotopic (exact) mass is 287 g/mol. The maximum Gasteiger partial charge on any atom is 0.331 e. The lowest BCUT2D eigenvalue weighted by Crippen LogP contribution is -2.18. The number of carbonyl (C=O) groups excluding carboxylic acids is 1. The minimum atomic E-state index is -0.179. The van der Waals surface area contributed by atoms with E-state index >= 15 is 0 Å². The molecule has 1 aromatic heterocycles. The fourth-order valence-corrected chi connectivity index (χ4v) is 3.75. The fourth-order valence-electron chi connectivity index (χ4n) is 2.42. The van der Waals surface area contributed by atoms with Crippen LogP contribution in [0.2, 0.25) is 0 Å². The molecule has 0 aliphatic heterocycles. The quantitative estimate of drug-likeness (QED) is 0.928. The Balaban J connectivity index is 1.73. The highest BCUT2D eigenvalue weighted by atomic mass is 32.2. The van der Waals surface area contributed by atoms with Gasteiger partial charge in [0, 0.05) is 22.5 Å². The Labute approximate surface area is 122 Å². The van der Waals surface area contributed by atoms with E-state index in [4.69, 9.17) is 0 Å². The van der Waals surface area contributed by atoms with Crippen LogP contribution in [0.25, 0.3) is 0 Å². The van der Waals surface area contributed by atoms with Gasteiger partial charge in [-0.2, -0.15) is 0 Å². The average Bonchev–Trinajstić information content (AvgIpc) is 3.13. The van der Waals surface area contributed by atoms with Gasteiger partial charge in [0.05, 0.1) is 5.69 Å². The van der Waals surface area contributed by atoms with Crippen LogP contribution in [0.1, 0.15) is 25.7 Å². The molecule has 0 atom stereocenters. The van der Waals surface area contributed by atoms with Crippen LogP contribution in [-0.2, 0) is 0 Å². The Morgan fingerprint density at radius 2 is 2.10 bits per heavy atom. The van der Waals surface area contributed by atoms with Gasteiger partial charge in [0.25, 0.3) is 0 Å². The highest BCUT2D eigenvalue weighted by Crippen LogP contribution is 2.37. The van der Waals surface area contributed by atoms with Crippen molar-refractivity contribution in [2.24, 2.45) is 0 Å². The third-order valence-corrected chi connectivity index (χ3v) is 4.88. The Morgan fingerprint density at radius 3 is 2.85 bits per heavy atom. The first-order valence-corrected chi connectivity index (χ1v) is 7.76. The van der Waals surface area contributed by atoms with Gasteiger partial charge in [-0.1, -0.05) is 25.0 Å². The molecule has 2 aromatic rings. The van der Waals surface area contributed by atoms with Gasteiger partial charge in [0.1, 0.15) is 6.33 Å². The Hall–Kier alpha value is -1.75. The molecule has 0 saturated heterocycles. The molecular weight excluding hydrogens is 270 g/mol. The summed E-state index contributed by atoms with van der Waals surface area (Å²) in [7, 11) is 0. The van der Waals surface area contributed by atoms with Crippen molar-refractivity contribution in [1.82, 2.24) is 9.55 Å². The molecule has 3 rings (SSSR count). The number of anilines is 1. The molecule has 0 radical (unpaired) electrons. The molecule has 1 heterocycles. The molecule has 1 aliphatic rings. The van der Waals surface area contributed by atoms with E-state index in [1.54, 1.807) is 12.4 Å². The molecule has 0 spiro atoms. The maximum atomic E-state index is 12.1. The summed E-state index contributed by atoms with van der Waals surface area (Å²) in [5.74, 6) is 0. The minimum absolute atomic E-state index is 0.179. The van der Waals surface area contributed by atoms with E-state index in [9.17, 15) is 4.79 Å². The topological polar surface area (TPSA) is 46.9 Å². The lowest BCUT2D eigenvalue weighted by atomic mass is 10.3. The van der Waals surface area contributed by atoms with Gasteiger partial charge in [0.2, 0.25) is 0 Å². The number of thioether (sulfide) groups is 1. The molecule has 1 aromatic carbocycles. The molecule has 5 heteroatoms.